The lowest BCUT2D eigenvalue weighted by atomic mass is 9.97. The highest BCUT2D eigenvalue weighted by molar-refractivity contribution is 6.03. The number of carbonyl (C=O) groups excluding carboxylic acids is 1. The van der Waals surface area contributed by atoms with Gasteiger partial charge in [0.1, 0.15) is 11.6 Å². The molecule has 6 nitrogen and oxygen atoms in total. The van der Waals surface area contributed by atoms with Gasteiger partial charge in [-0.3, -0.25) is 14.2 Å². The highest BCUT2D eigenvalue weighted by Crippen LogP contribution is 2.27. The Bertz CT molecular complexity index is 1010. The molecule has 0 aliphatic carbocycles. The average molecular weight is 414 g/mol. The van der Waals surface area contributed by atoms with E-state index < -0.39 is 29.1 Å². The lowest BCUT2D eigenvalue weighted by Gasteiger charge is -2.20. The van der Waals surface area contributed by atoms with Crippen molar-refractivity contribution in [2.75, 3.05) is 0 Å². The second-order valence-electron chi connectivity index (χ2n) is 7.14. The van der Waals surface area contributed by atoms with Crippen molar-refractivity contribution >= 4 is 5.78 Å². The molecule has 0 radical (unpaired) electrons. The number of pyridine rings is 1. The van der Waals surface area contributed by atoms with Gasteiger partial charge in [-0.15, -0.1) is 0 Å². The van der Waals surface area contributed by atoms with E-state index in [9.17, 15) is 24.3 Å². The van der Waals surface area contributed by atoms with Crippen LogP contribution >= 0.6 is 0 Å². The second kappa shape index (κ2) is 10.6. The maximum atomic E-state index is 14.0. The smallest absolute Gasteiger partial charge is 0.271 e. The Morgan fingerprint density at radius 3 is 2.57 bits per heavy atom. The summed E-state index contributed by atoms with van der Waals surface area (Å²) in [6.07, 6.45) is 2.61. The predicted octanol–water partition coefficient (Wildman–Crippen LogP) is 4.49. The SMILES string of the molecule is CCCCCCn1c(O)c(C(=O)C(CC)Oc2ccccc2F)c(C)c(C#N)c1=O. The summed E-state index contributed by atoms with van der Waals surface area (Å²) in [6, 6.07) is 7.57. The Morgan fingerprint density at radius 2 is 1.97 bits per heavy atom. The van der Waals surface area contributed by atoms with Gasteiger partial charge in [-0.05, 0) is 37.5 Å². The number of unbranched alkanes of at least 4 members (excludes halogenated alkanes) is 3. The monoisotopic (exact) mass is 414 g/mol. The standard InChI is InChI=1S/C23H27FN2O4/c1-4-6-7-10-13-26-22(28)16(14-25)15(3)20(23(26)29)21(27)18(5-2)30-19-12-9-8-11-17(19)24/h8-9,11-12,18,29H,4-7,10,13H2,1-3H3. The van der Waals surface area contributed by atoms with E-state index in [1.54, 1.807) is 13.0 Å². The van der Waals surface area contributed by atoms with Gasteiger partial charge in [-0.25, -0.2) is 4.39 Å². The number of carbonyl (C=O) groups is 1. The minimum Gasteiger partial charge on any atom is -0.494 e. The summed E-state index contributed by atoms with van der Waals surface area (Å²) in [7, 11) is 0. The van der Waals surface area contributed by atoms with E-state index in [-0.39, 0.29) is 35.4 Å². The Kier molecular flexibility index (Phi) is 8.16. The van der Waals surface area contributed by atoms with Gasteiger partial charge < -0.3 is 9.84 Å². The van der Waals surface area contributed by atoms with Crippen LogP contribution in [0.1, 0.15) is 67.4 Å². The number of nitrogens with zero attached hydrogens (tertiary/aromatic N) is 2. The maximum Gasteiger partial charge on any atom is 0.271 e. The van der Waals surface area contributed by atoms with Crippen molar-refractivity contribution in [2.24, 2.45) is 0 Å². The Labute approximate surface area is 175 Å². The number of halogens is 1. The van der Waals surface area contributed by atoms with E-state index in [0.717, 1.165) is 23.8 Å². The quantitative estimate of drug-likeness (QED) is 0.457. The van der Waals surface area contributed by atoms with E-state index >= 15 is 0 Å². The molecule has 0 amide bonds. The fourth-order valence-electron chi connectivity index (χ4n) is 3.33. The van der Waals surface area contributed by atoms with Crippen molar-refractivity contribution in [3.05, 3.63) is 57.1 Å². The molecular formula is C23H27FN2O4. The molecule has 0 aliphatic heterocycles. The zero-order valence-corrected chi connectivity index (χ0v) is 17.6. The van der Waals surface area contributed by atoms with Crippen molar-refractivity contribution in [1.29, 1.82) is 5.26 Å². The molecule has 1 aromatic heterocycles. The number of hydrogen-bond donors (Lipinski definition) is 1. The minimum absolute atomic E-state index is 0.0803. The molecule has 1 unspecified atom stereocenters. The Morgan fingerprint density at radius 1 is 1.27 bits per heavy atom. The Balaban J connectivity index is 2.47. The van der Waals surface area contributed by atoms with Crippen molar-refractivity contribution in [3.8, 4) is 17.7 Å². The zero-order valence-electron chi connectivity index (χ0n) is 17.6. The lowest BCUT2D eigenvalue weighted by Crippen LogP contribution is -2.32. The third kappa shape index (κ3) is 4.88. The number of aromatic hydroxyl groups is 1. The maximum absolute atomic E-state index is 14.0. The molecule has 1 N–H and O–H groups in total. The van der Waals surface area contributed by atoms with Crippen LogP contribution in [0.5, 0.6) is 11.6 Å². The van der Waals surface area contributed by atoms with Gasteiger partial charge in [-0.2, -0.15) is 5.26 Å². The van der Waals surface area contributed by atoms with Crippen molar-refractivity contribution in [3.63, 3.8) is 0 Å². The number of aromatic nitrogens is 1. The number of rotatable bonds is 10. The van der Waals surface area contributed by atoms with E-state index in [0.29, 0.717) is 6.42 Å². The Hall–Kier alpha value is -3.14. The van der Waals surface area contributed by atoms with Crippen molar-refractivity contribution < 1.29 is 19.0 Å². The molecule has 1 aromatic carbocycles. The molecule has 0 aliphatic rings. The van der Waals surface area contributed by atoms with Gasteiger partial charge in [0.05, 0.1) is 5.56 Å². The third-order valence-corrected chi connectivity index (χ3v) is 5.05. The number of hydrogen-bond acceptors (Lipinski definition) is 5. The summed E-state index contributed by atoms with van der Waals surface area (Å²) in [5.74, 6) is -1.77. The molecule has 1 heterocycles. The van der Waals surface area contributed by atoms with Gasteiger partial charge >= 0.3 is 0 Å². The number of para-hydroxylation sites is 1. The molecule has 7 heteroatoms. The first-order valence-electron chi connectivity index (χ1n) is 10.2. The van der Waals surface area contributed by atoms with Crippen LogP contribution < -0.4 is 10.3 Å². The first-order valence-corrected chi connectivity index (χ1v) is 10.2. The molecule has 0 spiro atoms. The molecule has 1 atom stereocenters. The molecule has 160 valence electrons. The van der Waals surface area contributed by atoms with E-state index in [1.807, 2.05) is 6.07 Å². The summed E-state index contributed by atoms with van der Waals surface area (Å²) in [4.78, 5) is 25.9. The molecule has 0 fully saturated rings. The van der Waals surface area contributed by atoms with Gasteiger partial charge in [0, 0.05) is 6.54 Å². The molecule has 30 heavy (non-hydrogen) atoms. The number of nitriles is 1. The van der Waals surface area contributed by atoms with Gasteiger partial charge in [0.2, 0.25) is 11.7 Å². The highest BCUT2D eigenvalue weighted by Gasteiger charge is 2.30. The number of benzene rings is 1. The summed E-state index contributed by atoms with van der Waals surface area (Å²) in [6.45, 7) is 5.40. The first kappa shape index (κ1) is 23.1. The van der Waals surface area contributed by atoms with E-state index in [1.165, 1.54) is 25.1 Å². The number of Topliss-reactive ketones (excluding diaryl/α,β-unsaturated/α-hetero) is 1. The fourth-order valence-corrected chi connectivity index (χ4v) is 3.33. The predicted molar refractivity (Wildman–Crippen MR) is 111 cm³/mol. The van der Waals surface area contributed by atoms with Crippen LogP contribution in [0.2, 0.25) is 0 Å². The van der Waals surface area contributed by atoms with Crippen LogP contribution in [0.25, 0.3) is 0 Å². The molecule has 0 saturated heterocycles. The van der Waals surface area contributed by atoms with E-state index in [2.05, 4.69) is 6.92 Å². The third-order valence-electron chi connectivity index (χ3n) is 5.05. The largest absolute Gasteiger partial charge is 0.494 e. The summed E-state index contributed by atoms with van der Waals surface area (Å²) in [5, 5.41) is 20.2. The van der Waals surface area contributed by atoms with Crippen molar-refractivity contribution in [1.82, 2.24) is 4.57 Å². The molecule has 2 aromatic rings. The molecule has 2 rings (SSSR count). The summed E-state index contributed by atoms with van der Waals surface area (Å²) in [5.41, 5.74) is -0.841. The number of ether oxygens (including phenoxy) is 1. The highest BCUT2D eigenvalue weighted by atomic mass is 19.1. The van der Waals surface area contributed by atoms with Crippen LogP contribution in [0.15, 0.2) is 29.1 Å². The molecule has 0 bridgehead atoms. The average Bonchev–Trinajstić information content (AvgIpc) is 2.72. The fraction of sp³-hybridized carbons (Fsp3) is 0.435. The zero-order chi connectivity index (χ0) is 22.3. The van der Waals surface area contributed by atoms with Crippen LogP contribution in [0.3, 0.4) is 0 Å². The van der Waals surface area contributed by atoms with Crippen LogP contribution in [0.4, 0.5) is 4.39 Å². The second-order valence-corrected chi connectivity index (χ2v) is 7.14. The van der Waals surface area contributed by atoms with E-state index in [4.69, 9.17) is 4.74 Å². The van der Waals surface area contributed by atoms with Crippen LogP contribution in [-0.4, -0.2) is 21.6 Å². The summed E-state index contributed by atoms with van der Waals surface area (Å²) >= 11 is 0. The molecular weight excluding hydrogens is 387 g/mol. The van der Waals surface area contributed by atoms with Gasteiger partial charge in [-0.1, -0.05) is 45.2 Å². The lowest BCUT2D eigenvalue weighted by molar-refractivity contribution is 0.0774. The number of ketones is 1. The van der Waals surface area contributed by atoms with Gasteiger partial charge in [0.15, 0.2) is 17.7 Å². The summed E-state index contributed by atoms with van der Waals surface area (Å²) < 4.78 is 20.6. The molecule has 0 saturated carbocycles. The first-order chi connectivity index (χ1) is 14.4. The van der Waals surface area contributed by atoms with Crippen molar-refractivity contribution in [2.45, 2.75) is 65.5 Å². The van der Waals surface area contributed by atoms with Crippen LogP contribution in [0, 0.1) is 24.1 Å². The topological polar surface area (TPSA) is 92.3 Å². The normalized spacial score (nSPS) is 11.7. The van der Waals surface area contributed by atoms with Crippen LogP contribution in [-0.2, 0) is 6.54 Å². The van der Waals surface area contributed by atoms with Gasteiger partial charge in [0.25, 0.3) is 5.56 Å². The minimum atomic E-state index is -1.08.